The first-order chi connectivity index (χ1) is 12.1. The number of fused-ring (bicyclic) bond motifs is 1. The molecule has 4 rings (SSSR count). The lowest BCUT2D eigenvalue weighted by molar-refractivity contribution is -0.131. The van der Waals surface area contributed by atoms with E-state index in [1.54, 1.807) is 36.4 Å². The quantitative estimate of drug-likeness (QED) is 0.413. The molecule has 4 aromatic rings. The van der Waals surface area contributed by atoms with Crippen molar-refractivity contribution in [2.75, 3.05) is 0 Å². The number of benzene rings is 1. The molecule has 0 spiro atoms. The second-order valence-corrected chi connectivity index (χ2v) is 6.20. The van der Waals surface area contributed by atoms with Gasteiger partial charge in [-0.05, 0) is 35.9 Å². The van der Waals surface area contributed by atoms with Gasteiger partial charge in [0, 0.05) is 6.92 Å². The van der Waals surface area contributed by atoms with Gasteiger partial charge in [-0.1, -0.05) is 23.5 Å². The summed E-state index contributed by atoms with van der Waals surface area (Å²) in [6.45, 7) is 1.34. The van der Waals surface area contributed by atoms with Gasteiger partial charge in [0.1, 0.15) is 5.75 Å². The van der Waals surface area contributed by atoms with E-state index >= 15 is 0 Å². The van der Waals surface area contributed by atoms with Crippen molar-refractivity contribution in [1.82, 2.24) is 14.6 Å². The number of nitrogens with zero attached hydrogens (tertiary/aromatic N) is 3. The molecule has 3 aromatic heterocycles. The van der Waals surface area contributed by atoms with Crippen LogP contribution in [-0.2, 0) is 4.79 Å². The largest absolute Gasteiger partial charge is 0.461 e. The highest BCUT2D eigenvalue weighted by atomic mass is 32.1. The minimum atomic E-state index is -0.397. The summed E-state index contributed by atoms with van der Waals surface area (Å²) in [5.74, 6) is 0.908. The Balaban J connectivity index is 1.76. The molecule has 0 bridgehead atoms. The zero-order valence-electron chi connectivity index (χ0n) is 13.0. The molecule has 0 amide bonds. The molecule has 0 aliphatic heterocycles. The maximum absolute atomic E-state index is 12.5. The number of hydrogen-bond donors (Lipinski definition) is 0. The summed E-state index contributed by atoms with van der Waals surface area (Å²) in [6.07, 6.45) is 3.24. The van der Waals surface area contributed by atoms with Crippen LogP contribution in [0.25, 0.3) is 22.6 Å². The Hall–Kier alpha value is -3.26. The smallest absolute Gasteiger partial charge is 0.308 e. The Morgan fingerprint density at radius 1 is 1.32 bits per heavy atom. The number of furan rings is 1. The molecule has 0 N–H and O–H groups in total. The summed E-state index contributed by atoms with van der Waals surface area (Å²) in [4.78, 5) is 28.4. The molecule has 1 aromatic carbocycles. The molecule has 0 radical (unpaired) electrons. The maximum Gasteiger partial charge on any atom is 0.308 e. The zero-order chi connectivity index (χ0) is 17.4. The molecule has 25 heavy (non-hydrogen) atoms. The topological polar surface area (TPSA) is 86.7 Å². The van der Waals surface area contributed by atoms with Crippen molar-refractivity contribution in [3.8, 4) is 17.3 Å². The molecule has 0 aliphatic carbocycles. The fourth-order valence-electron chi connectivity index (χ4n) is 2.33. The molecule has 8 heteroatoms. The van der Waals surface area contributed by atoms with E-state index in [1.807, 2.05) is 6.07 Å². The summed E-state index contributed by atoms with van der Waals surface area (Å²) in [7, 11) is 0. The third kappa shape index (κ3) is 2.94. The van der Waals surface area contributed by atoms with Gasteiger partial charge in [0.15, 0.2) is 5.76 Å². The zero-order valence-corrected chi connectivity index (χ0v) is 13.8. The molecular formula is C17H11N3O4S. The van der Waals surface area contributed by atoms with Crippen molar-refractivity contribution in [1.29, 1.82) is 0 Å². The van der Waals surface area contributed by atoms with E-state index in [0.29, 0.717) is 26.8 Å². The fraction of sp³-hybridized carbons (Fsp3) is 0.0588. The van der Waals surface area contributed by atoms with Crippen LogP contribution in [0.3, 0.4) is 0 Å². The van der Waals surface area contributed by atoms with E-state index in [1.165, 1.54) is 29.0 Å². The third-order valence-corrected chi connectivity index (χ3v) is 4.30. The highest BCUT2D eigenvalue weighted by molar-refractivity contribution is 7.15. The molecule has 0 saturated carbocycles. The number of esters is 1. The minimum absolute atomic E-state index is 0.261. The Morgan fingerprint density at radius 3 is 2.92 bits per heavy atom. The fourth-order valence-corrected chi connectivity index (χ4v) is 3.24. The monoisotopic (exact) mass is 353 g/mol. The Labute approximate surface area is 144 Å². The summed E-state index contributed by atoms with van der Waals surface area (Å²) in [6, 6.07) is 10.4. The Kier molecular flexibility index (Phi) is 3.66. The van der Waals surface area contributed by atoms with Gasteiger partial charge in [-0.2, -0.15) is 9.50 Å². The van der Waals surface area contributed by atoms with E-state index in [-0.39, 0.29) is 5.56 Å². The van der Waals surface area contributed by atoms with Crippen LogP contribution >= 0.6 is 11.3 Å². The van der Waals surface area contributed by atoms with Gasteiger partial charge < -0.3 is 9.15 Å². The molecule has 3 heterocycles. The molecule has 0 atom stereocenters. The lowest BCUT2D eigenvalue weighted by atomic mass is 10.2. The van der Waals surface area contributed by atoms with Crippen molar-refractivity contribution in [2.45, 2.75) is 6.92 Å². The van der Waals surface area contributed by atoms with E-state index in [9.17, 15) is 9.59 Å². The first kappa shape index (κ1) is 15.3. The number of rotatable bonds is 3. The molecule has 7 nitrogen and oxygen atoms in total. The average Bonchev–Trinajstić information content (AvgIpc) is 3.26. The number of thiazole rings is 1. The van der Waals surface area contributed by atoms with Gasteiger partial charge in [-0.15, -0.1) is 5.10 Å². The van der Waals surface area contributed by atoms with Crippen molar-refractivity contribution in [2.24, 2.45) is 0 Å². The highest BCUT2D eigenvalue weighted by Gasteiger charge is 2.13. The van der Waals surface area contributed by atoms with E-state index in [2.05, 4.69) is 10.1 Å². The summed E-state index contributed by atoms with van der Waals surface area (Å²) < 4.78 is 12.0. The minimum Gasteiger partial charge on any atom is -0.461 e. The van der Waals surface area contributed by atoms with Crippen LogP contribution in [0.1, 0.15) is 12.5 Å². The van der Waals surface area contributed by atoms with Crippen LogP contribution in [0.5, 0.6) is 5.75 Å². The molecular weight excluding hydrogens is 342 g/mol. The van der Waals surface area contributed by atoms with Crippen molar-refractivity contribution < 1.29 is 13.9 Å². The molecule has 0 fully saturated rings. The number of ether oxygens (including phenoxy) is 1. The van der Waals surface area contributed by atoms with E-state index < -0.39 is 5.97 Å². The number of aromatic nitrogens is 3. The first-order valence-corrected chi connectivity index (χ1v) is 8.15. The van der Waals surface area contributed by atoms with Gasteiger partial charge in [-0.3, -0.25) is 9.59 Å². The Bertz CT molecular complexity index is 1170. The predicted molar refractivity (Wildman–Crippen MR) is 91.4 cm³/mol. The standard InChI is InChI=1S/C17H11N3O4S/c1-10(21)24-12-5-2-4-11(8-12)9-14-16(22)20-17(25-14)18-15(19-20)13-6-3-7-23-13/h2-9H,1H3. The van der Waals surface area contributed by atoms with Crippen LogP contribution in [0.2, 0.25) is 0 Å². The van der Waals surface area contributed by atoms with Gasteiger partial charge in [0.25, 0.3) is 5.56 Å². The van der Waals surface area contributed by atoms with Crippen LogP contribution in [0.15, 0.2) is 51.9 Å². The van der Waals surface area contributed by atoms with E-state index in [4.69, 9.17) is 9.15 Å². The third-order valence-electron chi connectivity index (χ3n) is 3.34. The van der Waals surface area contributed by atoms with E-state index in [0.717, 1.165) is 5.56 Å². The second kappa shape index (κ2) is 5.99. The molecule has 0 aliphatic rings. The van der Waals surface area contributed by atoms with Gasteiger partial charge in [0.05, 0.1) is 10.8 Å². The predicted octanol–water partition coefficient (Wildman–Crippen LogP) is 1.88. The number of carbonyl (C=O) groups excluding carboxylic acids is 1. The van der Waals surface area contributed by atoms with Crippen LogP contribution in [-0.4, -0.2) is 20.6 Å². The van der Waals surface area contributed by atoms with Crippen LogP contribution < -0.4 is 14.8 Å². The van der Waals surface area contributed by atoms with Crippen LogP contribution in [0, 0.1) is 0 Å². The first-order valence-electron chi connectivity index (χ1n) is 7.34. The van der Waals surface area contributed by atoms with Crippen molar-refractivity contribution >= 4 is 28.3 Å². The summed E-state index contributed by atoms with van der Waals surface area (Å²) in [5, 5.41) is 4.19. The lowest BCUT2D eigenvalue weighted by Crippen LogP contribution is -2.23. The number of carbonyl (C=O) groups is 1. The average molecular weight is 353 g/mol. The molecule has 0 unspecified atom stereocenters. The summed E-state index contributed by atoms with van der Waals surface area (Å²) >= 11 is 1.23. The lowest BCUT2D eigenvalue weighted by Gasteiger charge is -2.01. The maximum atomic E-state index is 12.5. The highest BCUT2D eigenvalue weighted by Crippen LogP contribution is 2.17. The number of hydrogen-bond acceptors (Lipinski definition) is 7. The normalized spacial score (nSPS) is 12.0. The van der Waals surface area contributed by atoms with Gasteiger partial charge >= 0.3 is 5.97 Å². The molecule has 124 valence electrons. The second-order valence-electron chi connectivity index (χ2n) is 5.19. The van der Waals surface area contributed by atoms with Crippen molar-refractivity contribution in [3.05, 3.63) is 63.1 Å². The SMILES string of the molecule is CC(=O)Oc1cccc(C=c2sc3nc(-c4ccco4)nn3c2=O)c1. The summed E-state index contributed by atoms with van der Waals surface area (Å²) in [5.41, 5.74) is 0.481. The van der Waals surface area contributed by atoms with Gasteiger partial charge in [-0.25, -0.2) is 0 Å². The molecule has 0 saturated heterocycles. The van der Waals surface area contributed by atoms with Gasteiger partial charge in [0.2, 0.25) is 10.8 Å². The van der Waals surface area contributed by atoms with Crippen molar-refractivity contribution in [3.63, 3.8) is 0 Å². The van der Waals surface area contributed by atoms with Crippen LogP contribution in [0.4, 0.5) is 0 Å². The Morgan fingerprint density at radius 2 is 2.20 bits per heavy atom.